The molecule has 2 N–H and O–H groups in total. The van der Waals surface area contributed by atoms with Crippen molar-refractivity contribution >= 4 is 33.5 Å². The Balaban J connectivity index is 2.59. The van der Waals surface area contributed by atoms with Gasteiger partial charge in [-0.05, 0) is 22.0 Å². The van der Waals surface area contributed by atoms with Gasteiger partial charge in [-0.1, -0.05) is 11.6 Å². The van der Waals surface area contributed by atoms with Gasteiger partial charge >= 0.3 is 0 Å². The predicted molar refractivity (Wildman–Crippen MR) is 56.2 cm³/mol. The van der Waals surface area contributed by atoms with Crippen LogP contribution in [0.25, 0.3) is 5.82 Å². The average Bonchev–Trinajstić information content (AvgIpc) is 2.45. The monoisotopic (exact) mass is 291 g/mol. The third kappa shape index (κ3) is 1.93. The number of nitrogen functional groups attached to an aromatic ring is 1. The number of hydrogen-bond acceptors (Lipinski definition) is 4. The minimum atomic E-state index is -0.604. The maximum Gasteiger partial charge on any atom is 0.241 e. The molecule has 0 saturated carbocycles. The first-order valence-corrected chi connectivity index (χ1v) is 4.94. The van der Waals surface area contributed by atoms with Crippen molar-refractivity contribution in [2.24, 2.45) is 0 Å². The van der Waals surface area contributed by atoms with Crippen LogP contribution in [0.2, 0.25) is 5.02 Å². The molecule has 2 aromatic heterocycles. The van der Waals surface area contributed by atoms with E-state index < -0.39 is 5.82 Å². The van der Waals surface area contributed by atoms with Crippen molar-refractivity contribution in [1.82, 2.24) is 19.7 Å². The average molecular weight is 292 g/mol. The highest BCUT2D eigenvalue weighted by atomic mass is 79.9. The zero-order valence-electron chi connectivity index (χ0n) is 7.15. The second-order valence-electron chi connectivity index (χ2n) is 2.61. The van der Waals surface area contributed by atoms with Crippen LogP contribution in [0.15, 0.2) is 17.0 Å². The number of nitrogens with two attached hydrogens (primary N) is 1. The van der Waals surface area contributed by atoms with Crippen LogP contribution in [0, 0.1) is 5.82 Å². The standard InChI is InChI=1S/C7H4BrClFN5/c8-6-13-7(11)14-15(6)5-4(10)1-3(9)2-12-5/h1-2H,(H2,11,14). The van der Waals surface area contributed by atoms with Gasteiger partial charge in [0, 0.05) is 6.20 Å². The molecular formula is C7H4BrClFN5. The van der Waals surface area contributed by atoms with Crippen molar-refractivity contribution in [3.63, 3.8) is 0 Å². The Morgan fingerprint density at radius 1 is 1.53 bits per heavy atom. The highest BCUT2D eigenvalue weighted by molar-refractivity contribution is 9.10. The van der Waals surface area contributed by atoms with Gasteiger partial charge in [0.2, 0.25) is 10.7 Å². The Labute approximate surface area is 97.2 Å². The first-order valence-electron chi connectivity index (χ1n) is 3.77. The number of aromatic nitrogens is 4. The Morgan fingerprint density at radius 2 is 2.27 bits per heavy atom. The van der Waals surface area contributed by atoms with Gasteiger partial charge < -0.3 is 5.73 Å². The van der Waals surface area contributed by atoms with Crippen molar-refractivity contribution in [1.29, 1.82) is 0 Å². The van der Waals surface area contributed by atoms with Gasteiger partial charge in [0.1, 0.15) is 0 Å². The lowest BCUT2D eigenvalue weighted by molar-refractivity contribution is 0.598. The van der Waals surface area contributed by atoms with E-state index in [4.69, 9.17) is 17.3 Å². The summed E-state index contributed by atoms with van der Waals surface area (Å²) in [7, 11) is 0. The van der Waals surface area contributed by atoms with Gasteiger partial charge in [0.05, 0.1) is 5.02 Å². The molecular weight excluding hydrogens is 288 g/mol. The SMILES string of the molecule is Nc1nc(Br)n(-c2ncc(Cl)cc2F)n1. The molecule has 78 valence electrons. The second-order valence-corrected chi connectivity index (χ2v) is 3.76. The summed E-state index contributed by atoms with van der Waals surface area (Å²) in [6.07, 6.45) is 1.31. The van der Waals surface area contributed by atoms with Crippen molar-refractivity contribution < 1.29 is 4.39 Å². The number of pyridine rings is 1. The van der Waals surface area contributed by atoms with Gasteiger partial charge in [-0.3, -0.25) is 0 Å². The molecule has 0 fully saturated rings. The van der Waals surface area contributed by atoms with Crippen LogP contribution < -0.4 is 5.73 Å². The number of hydrogen-bond donors (Lipinski definition) is 1. The first-order chi connectivity index (χ1) is 7.08. The largest absolute Gasteiger partial charge is 0.366 e. The number of nitrogens with zero attached hydrogens (tertiary/aromatic N) is 4. The Bertz CT molecular complexity index is 514. The zero-order chi connectivity index (χ0) is 11.0. The van der Waals surface area contributed by atoms with E-state index >= 15 is 0 Å². The fourth-order valence-corrected chi connectivity index (χ4v) is 1.58. The minimum Gasteiger partial charge on any atom is -0.366 e. The summed E-state index contributed by atoms with van der Waals surface area (Å²) in [6, 6.07) is 1.13. The van der Waals surface area contributed by atoms with Crippen LogP contribution in [0.1, 0.15) is 0 Å². The van der Waals surface area contributed by atoms with E-state index in [1.807, 2.05) is 0 Å². The van der Waals surface area contributed by atoms with Crippen LogP contribution >= 0.6 is 27.5 Å². The summed E-state index contributed by atoms with van der Waals surface area (Å²) in [6.45, 7) is 0. The summed E-state index contributed by atoms with van der Waals surface area (Å²) in [4.78, 5) is 7.55. The van der Waals surface area contributed by atoms with E-state index in [1.165, 1.54) is 6.20 Å². The fraction of sp³-hybridized carbons (Fsp3) is 0. The zero-order valence-corrected chi connectivity index (χ0v) is 9.50. The van der Waals surface area contributed by atoms with Crippen LogP contribution in [-0.2, 0) is 0 Å². The van der Waals surface area contributed by atoms with E-state index in [0.29, 0.717) is 0 Å². The van der Waals surface area contributed by atoms with E-state index in [0.717, 1.165) is 10.7 Å². The fourth-order valence-electron chi connectivity index (χ4n) is 1.01. The lowest BCUT2D eigenvalue weighted by Crippen LogP contribution is -2.03. The normalized spacial score (nSPS) is 10.6. The van der Waals surface area contributed by atoms with E-state index in [-0.39, 0.29) is 21.5 Å². The Morgan fingerprint density at radius 3 is 2.80 bits per heavy atom. The van der Waals surface area contributed by atoms with E-state index in [2.05, 4.69) is 31.0 Å². The van der Waals surface area contributed by atoms with Crippen molar-refractivity contribution in [2.75, 3.05) is 5.73 Å². The summed E-state index contributed by atoms with van der Waals surface area (Å²) < 4.78 is 14.8. The van der Waals surface area contributed by atoms with Crippen LogP contribution in [0.4, 0.5) is 10.3 Å². The van der Waals surface area contributed by atoms with Gasteiger partial charge in [0.15, 0.2) is 11.6 Å². The topological polar surface area (TPSA) is 69.6 Å². The van der Waals surface area contributed by atoms with E-state index in [9.17, 15) is 4.39 Å². The molecule has 0 atom stereocenters. The summed E-state index contributed by atoms with van der Waals surface area (Å²) in [5.41, 5.74) is 5.35. The molecule has 8 heteroatoms. The lowest BCUT2D eigenvalue weighted by Gasteiger charge is -2.01. The van der Waals surface area contributed by atoms with Crippen molar-refractivity contribution in [3.05, 3.63) is 27.8 Å². The third-order valence-electron chi connectivity index (χ3n) is 1.57. The second kappa shape index (κ2) is 3.74. The molecule has 0 amide bonds. The Hall–Kier alpha value is -1.21. The van der Waals surface area contributed by atoms with Crippen molar-refractivity contribution in [2.45, 2.75) is 0 Å². The molecule has 15 heavy (non-hydrogen) atoms. The number of rotatable bonds is 1. The summed E-state index contributed by atoms with van der Waals surface area (Å²) in [5, 5.41) is 3.97. The number of halogens is 3. The molecule has 2 rings (SSSR count). The van der Waals surface area contributed by atoms with Gasteiger partial charge in [-0.25, -0.2) is 9.37 Å². The quantitative estimate of drug-likeness (QED) is 0.870. The molecule has 0 aliphatic rings. The molecule has 0 bridgehead atoms. The van der Waals surface area contributed by atoms with Gasteiger partial charge in [0.25, 0.3) is 0 Å². The van der Waals surface area contributed by atoms with Crippen LogP contribution in [-0.4, -0.2) is 19.7 Å². The third-order valence-corrected chi connectivity index (χ3v) is 2.29. The maximum absolute atomic E-state index is 13.4. The lowest BCUT2D eigenvalue weighted by atomic mass is 10.4. The van der Waals surface area contributed by atoms with Crippen molar-refractivity contribution in [3.8, 4) is 5.82 Å². The molecule has 2 aromatic rings. The molecule has 0 saturated heterocycles. The molecule has 0 aliphatic carbocycles. The smallest absolute Gasteiger partial charge is 0.241 e. The molecule has 0 spiro atoms. The Kier molecular flexibility index (Phi) is 2.57. The molecule has 0 aromatic carbocycles. The molecule has 5 nitrogen and oxygen atoms in total. The highest BCUT2D eigenvalue weighted by Crippen LogP contribution is 2.18. The molecule has 2 heterocycles. The van der Waals surface area contributed by atoms with Crippen LogP contribution in [0.5, 0.6) is 0 Å². The minimum absolute atomic E-state index is 0.0181. The molecule has 0 radical (unpaired) electrons. The molecule has 0 unspecified atom stereocenters. The van der Waals surface area contributed by atoms with Crippen LogP contribution in [0.3, 0.4) is 0 Å². The van der Waals surface area contributed by atoms with E-state index in [1.54, 1.807) is 0 Å². The summed E-state index contributed by atoms with van der Waals surface area (Å²) in [5.74, 6) is -0.596. The maximum atomic E-state index is 13.4. The predicted octanol–water partition coefficient (Wildman–Crippen LogP) is 1.80. The first kappa shape index (κ1) is 10.3. The van der Waals surface area contributed by atoms with Gasteiger partial charge in [-0.2, -0.15) is 9.67 Å². The summed E-state index contributed by atoms with van der Waals surface area (Å²) >= 11 is 8.64. The number of anilines is 1. The highest BCUT2D eigenvalue weighted by Gasteiger charge is 2.13. The van der Waals surface area contributed by atoms with Gasteiger partial charge in [-0.15, -0.1) is 5.10 Å². The molecule has 0 aliphatic heterocycles.